The SMILES string of the molecule is CCC(CO/N=C(\C(=O)NC1C(=O)N2C(C(=O)OCc3ccc(OC)cc3)=C(CCl)CSC12)c1csc(NC(c2ccccc2)(c2ccccc2)c2ccccc2)n1)C(=O)OC(c1ccccc1)c1ccccc1. The predicted molar refractivity (Wildman–Crippen MR) is 288 cm³/mol. The number of carbonyl (C=O) groups excluding carboxylic acids is 4. The number of amides is 2. The van der Waals surface area contributed by atoms with E-state index in [1.54, 1.807) is 36.8 Å². The molecule has 7 aromatic rings. The van der Waals surface area contributed by atoms with Crippen LogP contribution in [0.2, 0.25) is 0 Å². The van der Waals surface area contributed by atoms with Crippen LogP contribution in [0, 0.1) is 5.92 Å². The molecule has 1 fully saturated rings. The van der Waals surface area contributed by atoms with Crippen molar-refractivity contribution in [2.75, 3.05) is 30.7 Å². The van der Waals surface area contributed by atoms with Crippen molar-refractivity contribution in [1.82, 2.24) is 15.2 Å². The molecule has 2 amide bonds. The van der Waals surface area contributed by atoms with Crippen LogP contribution in [0.5, 0.6) is 5.75 Å². The molecule has 2 aliphatic heterocycles. The van der Waals surface area contributed by atoms with E-state index in [1.807, 2.05) is 159 Å². The molecule has 6 aromatic carbocycles. The summed E-state index contributed by atoms with van der Waals surface area (Å²) in [7, 11) is 1.56. The smallest absolute Gasteiger partial charge is 0.355 e. The lowest BCUT2D eigenvalue weighted by molar-refractivity contribution is -0.155. The zero-order valence-corrected chi connectivity index (χ0v) is 42.9. The van der Waals surface area contributed by atoms with E-state index in [1.165, 1.54) is 28.0 Å². The fourth-order valence-corrected chi connectivity index (χ4v) is 11.3. The maximum Gasteiger partial charge on any atom is 0.355 e. The van der Waals surface area contributed by atoms with Gasteiger partial charge in [-0.2, -0.15) is 0 Å². The monoisotopic (exact) mass is 1050 g/mol. The van der Waals surface area contributed by atoms with Crippen molar-refractivity contribution < 1.29 is 38.2 Å². The van der Waals surface area contributed by atoms with Crippen LogP contribution in [-0.4, -0.2) is 76.1 Å². The van der Waals surface area contributed by atoms with E-state index >= 15 is 0 Å². The van der Waals surface area contributed by atoms with Gasteiger partial charge in [0, 0.05) is 17.0 Å². The third-order valence-electron chi connectivity index (χ3n) is 12.8. The molecule has 0 aliphatic carbocycles. The number of halogens is 1. The lowest BCUT2D eigenvalue weighted by Gasteiger charge is -2.49. The van der Waals surface area contributed by atoms with Crippen molar-refractivity contribution in [3.63, 3.8) is 0 Å². The summed E-state index contributed by atoms with van der Waals surface area (Å²) in [5.41, 5.74) is 4.70. The molecule has 1 aromatic heterocycles. The van der Waals surface area contributed by atoms with Gasteiger partial charge in [0.1, 0.15) is 47.3 Å². The van der Waals surface area contributed by atoms with Crippen LogP contribution in [0.1, 0.15) is 58.5 Å². The largest absolute Gasteiger partial charge is 0.497 e. The Kier molecular flexibility index (Phi) is 16.5. The summed E-state index contributed by atoms with van der Waals surface area (Å²) in [6.45, 7) is 1.55. The van der Waals surface area contributed by atoms with Gasteiger partial charge in [-0.05, 0) is 57.5 Å². The molecule has 1 saturated heterocycles. The Labute approximate surface area is 442 Å². The van der Waals surface area contributed by atoms with E-state index in [4.69, 9.17) is 35.6 Å². The fourth-order valence-electron chi connectivity index (χ4n) is 8.85. The second-order valence-electron chi connectivity index (χ2n) is 17.4. The number of methoxy groups -OCH3 is 1. The summed E-state index contributed by atoms with van der Waals surface area (Å²) in [5, 5.41) is 12.5. The highest BCUT2D eigenvalue weighted by Gasteiger charge is 2.55. The van der Waals surface area contributed by atoms with Crippen LogP contribution in [0.15, 0.2) is 198 Å². The molecule has 2 aliphatic rings. The standard InChI is InChI=1S/C58H52ClN5O8S2/c1-3-39(55(67)72-51(40-19-9-4-10-20-40)41-21-11-5-12-22-41)35-71-63-48(47-37-74-57(60-47)62-58(43-23-13-6-14-24-43,44-25-15-7-16-26-44)45-27-17-8-18-28-45)52(65)61-49-53(66)64-50(42(33-59)36-73-54(49)64)56(68)70-34-38-29-31-46(69-2)32-30-38/h4-32,37,39,49,51,54H,3,33-36H2,1-2H3,(H,60,62)(H,61,65)/b63-48-. The number of hydrogen-bond donors (Lipinski definition) is 2. The van der Waals surface area contributed by atoms with Crippen LogP contribution < -0.4 is 15.4 Å². The van der Waals surface area contributed by atoms with Crippen LogP contribution in [0.3, 0.4) is 0 Å². The Morgan fingerprint density at radius 1 is 0.797 bits per heavy atom. The van der Waals surface area contributed by atoms with Gasteiger partial charge in [0.2, 0.25) is 0 Å². The van der Waals surface area contributed by atoms with E-state index < -0.39 is 52.7 Å². The number of benzene rings is 6. The number of fused-ring (bicyclic) bond motifs is 1. The minimum absolute atomic E-state index is 0.00655. The van der Waals surface area contributed by atoms with E-state index in [-0.39, 0.29) is 36.2 Å². The number of carbonyl (C=O) groups is 4. The summed E-state index contributed by atoms with van der Waals surface area (Å²) < 4.78 is 17.1. The average molecular weight is 1050 g/mol. The lowest BCUT2D eigenvalue weighted by Crippen LogP contribution is -2.71. The number of ether oxygens (including phenoxy) is 3. The molecule has 0 bridgehead atoms. The number of thioether (sulfide) groups is 1. The predicted octanol–water partition coefficient (Wildman–Crippen LogP) is 10.3. The Bertz CT molecular complexity index is 2970. The Morgan fingerprint density at radius 3 is 1.88 bits per heavy atom. The number of rotatable bonds is 21. The summed E-state index contributed by atoms with van der Waals surface area (Å²) in [6.07, 6.45) is -0.339. The van der Waals surface area contributed by atoms with Crippen LogP contribution in [0.25, 0.3) is 0 Å². The Morgan fingerprint density at radius 2 is 1.35 bits per heavy atom. The first-order valence-corrected chi connectivity index (χ1v) is 26.4. The molecule has 0 saturated carbocycles. The van der Waals surface area contributed by atoms with E-state index in [0.29, 0.717) is 28.6 Å². The van der Waals surface area contributed by atoms with Crippen molar-refractivity contribution in [2.45, 2.75) is 43.0 Å². The van der Waals surface area contributed by atoms with Crippen molar-refractivity contribution >= 4 is 69.3 Å². The molecular formula is C58H52ClN5O8S2. The first-order chi connectivity index (χ1) is 36.2. The topological polar surface area (TPSA) is 158 Å². The zero-order chi connectivity index (χ0) is 51.4. The number of oxime groups is 1. The molecule has 0 radical (unpaired) electrons. The normalized spacial score (nSPS) is 15.9. The molecule has 16 heteroatoms. The third-order valence-corrected chi connectivity index (χ3v) is 15.2. The zero-order valence-electron chi connectivity index (χ0n) is 40.5. The Hall–Kier alpha value is -7.72. The molecule has 3 heterocycles. The lowest BCUT2D eigenvalue weighted by atomic mass is 9.77. The molecule has 376 valence electrons. The average Bonchev–Trinajstić information content (AvgIpc) is 3.93. The van der Waals surface area contributed by atoms with Crippen LogP contribution in [0.4, 0.5) is 5.13 Å². The van der Waals surface area contributed by atoms with Gasteiger partial charge in [-0.3, -0.25) is 19.3 Å². The number of β-lactam (4-membered cyclic amide) rings is 1. The van der Waals surface area contributed by atoms with Gasteiger partial charge in [0.25, 0.3) is 11.8 Å². The number of esters is 2. The van der Waals surface area contributed by atoms with Gasteiger partial charge >= 0.3 is 11.9 Å². The van der Waals surface area contributed by atoms with Crippen molar-refractivity contribution in [3.05, 3.63) is 232 Å². The number of nitrogens with zero attached hydrogens (tertiary/aromatic N) is 3. The highest BCUT2D eigenvalue weighted by atomic mass is 35.5. The minimum atomic E-state index is -1.07. The number of alkyl halides is 1. The molecule has 0 spiro atoms. The summed E-state index contributed by atoms with van der Waals surface area (Å²) in [6, 6.07) is 55.0. The van der Waals surface area contributed by atoms with E-state index in [9.17, 15) is 19.2 Å². The van der Waals surface area contributed by atoms with Gasteiger partial charge < -0.3 is 29.7 Å². The maximum atomic E-state index is 14.7. The van der Waals surface area contributed by atoms with Crippen molar-refractivity contribution in [2.24, 2.45) is 11.1 Å². The molecule has 9 rings (SSSR count). The highest BCUT2D eigenvalue weighted by molar-refractivity contribution is 8.00. The number of nitrogens with one attached hydrogen (secondary N) is 2. The molecule has 13 nitrogen and oxygen atoms in total. The van der Waals surface area contributed by atoms with E-state index in [2.05, 4.69) is 15.8 Å². The third kappa shape index (κ3) is 11.1. The molecule has 74 heavy (non-hydrogen) atoms. The maximum absolute atomic E-state index is 14.7. The first-order valence-electron chi connectivity index (χ1n) is 24.0. The minimum Gasteiger partial charge on any atom is -0.497 e. The van der Waals surface area contributed by atoms with Gasteiger partial charge in [-0.1, -0.05) is 176 Å². The van der Waals surface area contributed by atoms with Crippen LogP contribution >= 0.6 is 34.7 Å². The second-order valence-corrected chi connectivity index (χ2v) is 19.6. The number of hydrogen-bond acceptors (Lipinski definition) is 13. The van der Waals surface area contributed by atoms with Crippen LogP contribution in [-0.2, 0) is 45.6 Å². The van der Waals surface area contributed by atoms with Gasteiger partial charge in [-0.25, -0.2) is 9.78 Å². The quantitative estimate of drug-likeness (QED) is 0.0176. The van der Waals surface area contributed by atoms with Crippen molar-refractivity contribution in [1.29, 1.82) is 0 Å². The second kappa shape index (κ2) is 23.9. The summed E-state index contributed by atoms with van der Waals surface area (Å²) in [4.78, 5) is 68.8. The Balaban J connectivity index is 0.998. The van der Waals surface area contributed by atoms with Crippen molar-refractivity contribution in [3.8, 4) is 5.75 Å². The molecule has 3 atom stereocenters. The number of thiazole rings is 1. The number of anilines is 1. The summed E-state index contributed by atoms with van der Waals surface area (Å²) in [5.74, 6) is -2.33. The molecule has 2 N–H and O–H groups in total. The fraction of sp³-hybridized carbons (Fsp3) is 0.207. The molecule has 3 unspecified atom stereocenters. The molecular weight excluding hydrogens is 994 g/mol. The van der Waals surface area contributed by atoms with Gasteiger partial charge in [-0.15, -0.1) is 34.7 Å². The number of aromatic nitrogens is 1. The van der Waals surface area contributed by atoms with Gasteiger partial charge in [0.15, 0.2) is 16.9 Å². The van der Waals surface area contributed by atoms with E-state index in [0.717, 1.165) is 33.4 Å². The highest BCUT2D eigenvalue weighted by Crippen LogP contribution is 2.43. The summed E-state index contributed by atoms with van der Waals surface area (Å²) >= 11 is 8.96. The first kappa shape index (κ1) is 51.2. The van der Waals surface area contributed by atoms with Gasteiger partial charge in [0.05, 0.1) is 13.0 Å².